The summed E-state index contributed by atoms with van der Waals surface area (Å²) in [4.78, 5) is 13.1. The molecule has 0 bridgehead atoms. The molecule has 1 rings (SSSR count). The average Bonchev–Trinajstić information content (AvgIpc) is 2.13. The van der Waals surface area contributed by atoms with Crippen molar-refractivity contribution >= 4 is 28.4 Å². The molecule has 1 fully saturated rings. The van der Waals surface area contributed by atoms with E-state index < -0.39 is 14.6 Å². The highest BCUT2D eigenvalue weighted by molar-refractivity contribution is 7.94. The summed E-state index contributed by atoms with van der Waals surface area (Å²) < 4.78 is 22.2. The number of carbonyl (C=O) groups excluding carboxylic acids is 1. The van der Waals surface area contributed by atoms with Crippen LogP contribution in [0.2, 0.25) is 0 Å². The van der Waals surface area contributed by atoms with E-state index in [1.807, 2.05) is 0 Å². The van der Waals surface area contributed by atoms with E-state index in [0.29, 0.717) is 12.2 Å². The number of carbonyl (C=O) groups is 1. The van der Waals surface area contributed by atoms with Crippen LogP contribution in [0.1, 0.15) is 20.3 Å². The predicted octanol–water partition coefficient (Wildman–Crippen LogP) is 0.340. The minimum atomic E-state index is -3.02. The van der Waals surface area contributed by atoms with E-state index in [0.717, 1.165) is 0 Å². The first-order chi connectivity index (χ1) is 6.74. The van der Waals surface area contributed by atoms with Gasteiger partial charge in [-0.2, -0.15) is 12.6 Å². The molecule has 15 heavy (non-hydrogen) atoms. The van der Waals surface area contributed by atoms with Crippen LogP contribution in [-0.2, 0) is 14.6 Å². The van der Waals surface area contributed by atoms with Gasteiger partial charge in [0.2, 0.25) is 5.91 Å². The Morgan fingerprint density at radius 1 is 1.53 bits per heavy atom. The highest BCUT2D eigenvalue weighted by Gasteiger charge is 2.55. The average molecular weight is 251 g/mol. The summed E-state index contributed by atoms with van der Waals surface area (Å²) in [5.74, 6) is 0.524. The van der Waals surface area contributed by atoms with Crippen molar-refractivity contribution in [2.24, 2.45) is 0 Å². The molecule has 0 aromatic rings. The second-order valence-electron chi connectivity index (χ2n) is 4.38. The largest absolute Gasteiger partial charge is 0.340 e. The predicted molar refractivity (Wildman–Crippen MR) is 62.9 cm³/mol. The third-order valence-electron chi connectivity index (χ3n) is 3.17. The van der Waals surface area contributed by atoms with Crippen molar-refractivity contribution in [3.8, 4) is 0 Å². The number of hydrogen-bond acceptors (Lipinski definition) is 4. The molecule has 1 amide bonds. The molecular formula is C9H17NO3S2. The second kappa shape index (κ2) is 3.97. The van der Waals surface area contributed by atoms with Crippen molar-refractivity contribution < 1.29 is 13.2 Å². The Labute approximate surface area is 96.4 Å². The van der Waals surface area contributed by atoms with Gasteiger partial charge in [-0.25, -0.2) is 8.42 Å². The second-order valence-corrected chi connectivity index (χ2v) is 7.44. The van der Waals surface area contributed by atoms with Gasteiger partial charge >= 0.3 is 0 Å². The van der Waals surface area contributed by atoms with Crippen LogP contribution in [0.5, 0.6) is 0 Å². The van der Waals surface area contributed by atoms with Crippen LogP contribution in [0.25, 0.3) is 0 Å². The Morgan fingerprint density at radius 2 is 2.07 bits per heavy atom. The summed E-state index contributed by atoms with van der Waals surface area (Å²) in [6, 6.07) is -0.199. The van der Waals surface area contributed by atoms with Gasteiger partial charge in [0, 0.05) is 13.5 Å². The highest BCUT2D eigenvalue weighted by atomic mass is 32.2. The molecule has 6 heteroatoms. The molecule has 1 aliphatic heterocycles. The van der Waals surface area contributed by atoms with Crippen molar-refractivity contribution in [1.82, 2.24) is 4.90 Å². The third-order valence-corrected chi connectivity index (χ3v) is 6.02. The molecule has 0 radical (unpaired) electrons. The quantitative estimate of drug-likeness (QED) is 0.736. The topological polar surface area (TPSA) is 54.5 Å². The first kappa shape index (κ1) is 12.8. The standard InChI is InChI=1S/C9H17NO3S2/c1-9(2)7(6-15(9,12)13)10(3)8(11)4-5-14/h7,14H,4-6H2,1-3H3. The van der Waals surface area contributed by atoms with Crippen LogP contribution in [0, 0.1) is 0 Å². The van der Waals surface area contributed by atoms with Gasteiger partial charge in [0.05, 0.1) is 16.5 Å². The summed E-state index contributed by atoms with van der Waals surface area (Å²) in [6.07, 6.45) is 0.353. The van der Waals surface area contributed by atoms with Crippen molar-refractivity contribution in [3.63, 3.8) is 0 Å². The van der Waals surface area contributed by atoms with Crippen LogP contribution in [0.15, 0.2) is 0 Å². The zero-order valence-electron chi connectivity index (χ0n) is 9.23. The summed E-state index contributed by atoms with van der Waals surface area (Å²) in [5.41, 5.74) is 0. The molecule has 1 unspecified atom stereocenters. The SMILES string of the molecule is CN(C(=O)CCS)C1CS(=O)(=O)C1(C)C. The molecule has 0 aromatic heterocycles. The molecule has 0 N–H and O–H groups in total. The van der Waals surface area contributed by atoms with Gasteiger partial charge in [-0.3, -0.25) is 4.79 Å². The van der Waals surface area contributed by atoms with Gasteiger partial charge in [-0.05, 0) is 19.6 Å². The summed E-state index contributed by atoms with van der Waals surface area (Å²) in [6.45, 7) is 3.34. The molecule has 0 aliphatic carbocycles. The molecule has 1 atom stereocenters. The Morgan fingerprint density at radius 3 is 2.40 bits per heavy atom. The molecule has 0 saturated carbocycles. The van der Waals surface area contributed by atoms with Gasteiger partial charge in [0.15, 0.2) is 9.84 Å². The van der Waals surface area contributed by atoms with Crippen molar-refractivity contribution in [2.45, 2.75) is 31.1 Å². The Hall–Kier alpha value is -0.230. The van der Waals surface area contributed by atoms with Gasteiger partial charge in [-0.15, -0.1) is 0 Å². The Kier molecular flexibility index (Phi) is 3.40. The van der Waals surface area contributed by atoms with Gasteiger partial charge in [0.25, 0.3) is 0 Å². The Bertz CT molecular complexity index is 362. The van der Waals surface area contributed by atoms with E-state index in [4.69, 9.17) is 0 Å². The number of sulfone groups is 1. The molecule has 1 saturated heterocycles. The van der Waals surface area contributed by atoms with Crippen LogP contribution >= 0.6 is 12.6 Å². The third kappa shape index (κ3) is 2.01. The van der Waals surface area contributed by atoms with Crippen LogP contribution in [0.3, 0.4) is 0 Å². The number of hydrogen-bond donors (Lipinski definition) is 1. The van der Waals surface area contributed by atoms with Crippen molar-refractivity contribution in [2.75, 3.05) is 18.6 Å². The van der Waals surface area contributed by atoms with E-state index in [-0.39, 0.29) is 17.7 Å². The van der Waals surface area contributed by atoms with E-state index in [1.165, 1.54) is 4.90 Å². The van der Waals surface area contributed by atoms with Gasteiger partial charge in [0.1, 0.15) is 0 Å². The molecule has 4 nitrogen and oxygen atoms in total. The first-order valence-electron chi connectivity index (χ1n) is 4.83. The molecule has 0 aromatic carbocycles. The minimum absolute atomic E-state index is 0.0435. The molecular weight excluding hydrogens is 234 g/mol. The van der Waals surface area contributed by atoms with Gasteiger partial charge < -0.3 is 4.90 Å². The minimum Gasteiger partial charge on any atom is -0.340 e. The molecule has 1 aliphatic rings. The number of thiol groups is 1. The lowest BCUT2D eigenvalue weighted by molar-refractivity contribution is -0.132. The zero-order valence-corrected chi connectivity index (χ0v) is 10.9. The number of amides is 1. The summed E-state index contributed by atoms with van der Waals surface area (Å²) in [7, 11) is -1.36. The first-order valence-corrected chi connectivity index (χ1v) is 7.11. The van der Waals surface area contributed by atoms with Crippen molar-refractivity contribution in [3.05, 3.63) is 0 Å². The lowest BCUT2D eigenvalue weighted by Gasteiger charge is -2.48. The van der Waals surface area contributed by atoms with Crippen molar-refractivity contribution in [1.29, 1.82) is 0 Å². The molecule has 88 valence electrons. The zero-order chi connectivity index (χ0) is 11.9. The molecule has 1 heterocycles. The van der Waals surface area contributed by atoms with E-state index in [9.17, 15) is 13.2 Å². The maximum absolute atomic E-state index is 11.6. The number of rotatable bonds is 3. The monoisotopic (exact) mass is 251 g/mol. The maximum atomic E-state index is 11.6. The van der Waals surface area contributed by atoms with E-state index in [2.05, 4.69) is 12.6 Å². The maximum Gasteiger partial charge on any atom is 0.223 e. The fourth-order valence-corrected chi connectivity index (χ4v) is 3.79. The smallest absolute Gasteiger partial charge is 0.223 e. The van der Waals surface area contributed by atoms with Gasteiger partial charge in [-0.1, -0.05) is 0 Å². The fourth-order valence-electron chi connectivity index (χ4n) is 1.76. The van der Waals surface area contributed by atoms with Crippen LogP contribution in [0.4, 0.5) is 0 Å². The fraction of sp³-hybridized carbons (Fsp3) is 0.889. The Balaban J connectivity index is 2.74. The lowest BCUT2D eigenvalue weighted by atomic mass is 10.0. The number of nitrogens with zero attached hydrogens (tertiary/aromatic N) is 1. The summed E-state index contributed by atoms with van der Waals surface area (Å²) >= 11 is 3.98. The highest BCUT2D eigenvalue weighted by Crippen LogP contribution is 2.36. The van der Waals surface area contributed by atoms with E-state index >= 15 is 0 Å². The summed E-state index contributed by atoms with van der Waals surface area (Å²) in [5, 5.41) is 0. The normalized spacial score (nSPS) is 26.8. The van der Waals surface area contributed by atoms with Crippen LogP contribution in [-0.4, -0.2) is 48.6 Å². The van der Waals surface area contributed by atoms with E-state index in [1.54, 1.807) is 20.9 Å². The van der Waals surface area contributed by atoms with Crippen LogP contribution < -0.4 is 0 Å². The lowest BCUT2D eigenvalue weighted by Crippen LogP contribution is -2.67. The molecule has 0 spiro atoms.